The van der Waals surface area contributed by atoms with Crippen molar-refractivity contribution in [3.8, 4) is 0 Å². The monoisotopic (exact) mass is 193 g/mol. The molecule has 0 aliphatic carbocycles. The lowest BCUT2D eigenvalue weighted by Crippen LogP contribution is -2.35. The van der Waals surface area contributed by atoms with E-state index in [1.165, 1.54) is 0 Å². The molecule has 0 bridgehead atoms. The van der Waals surface area contributed by atoms with Crippen molar-refractivity contribution >= 4 is 6.03 Å². The van der Waals surface area contributed by atoms with Gasteiger partial charge in [0.15, 0.2) is 0 Å². The number of carbonyl (C=O) groups is 1. The van der Waals surface area contributed by atoms with Gasteiger partial charge in [-0.25, -0.2) is 4.79 Å². The van der Waals surface area contributed by atoms with Crippen LogP contribution in [-0.2, 0) is 6.54 Å². The molecule has 4 nitrogen and oxygen atoms in total. The summed E-state index contributed by atoms with van der Waals surface area (Å²) in [6.07, 6.45) is 1.73. The molecule has 0 radical (unpaired) electrons. The third kappa shape index (κ3) is 2.73. The number of hydrogen-bond donors (Lipinski definition) is 0. The Kier molecular flexibility index (Phi) is 3.45. The number of amides is 2. The van der Waals surface area contributed by atoms with Gasteiger partial charge >= 0.3 is 6.03 Å². The van der Waals surface area contributed by atoms with E-state index in [4.69, 9.17) is 0 Å². The maximum absolute atomic E-state index is 11.5. The number of hydrogen-bond acceptors (Lipinski definition) is 2. The third-order valence-electron chi connectivity index (χ3n) is 1.83. The largest absolute Gasteiger partial charge is 0.331 e. The van der Waals surface area contributed by atoms with Gasteiger partial charge in [0.2, 0.25) is 0 Å². The lowest BCUT2D eigenvalue weighted by atomic mass is 10.3. The molecule has 0 unspecified atom stereocenters. The highest BCUT2D eigenvalue weighted by Gasteiger charge is 2.10. The molecule has 1 aromatic heterocycles. The number of nitrogens with zero attached hydrogens (tertiary/aromatic N) is 3. The normalized spacial score (nSPS) is 9.64. The topological polar surface area (TPSA) is 36.4 Å². The zero-order valence-corrected chi connectivity index (χ0v) is 8.77. The average molecular weight is 193 g/mol. The van der Waals surface area contributed by atoms with E-state index in [0.717, 1.165) is 5.69 Å². The van der Waals surface area contributed by atoms with E-state index in [1.54, 1.807) is 37.1 Å². The standard InChI is InChI=1S/C10H15N3O/c1-12(2)10(14)13(3)8-9-6-4-5-7-11-9/h4-7H,8H2,1-3H3. The molecule has 1 rings (SSSR count). The summed E-state index contributed by atoms with van der Waals surface area (Å²) in [5, 5.41) is 0. The second-order valence-electron chi connectivity index (χ2n) is 3.35. The maximum atomic E-state index is 11.5. The van der Waals surface area contributed by atoms with E-state index < -0.39 is 0 Å². The molecule has 0 aromatic carbocycles. The van der Waals surface area contributed by atoms with Crippen molar-refractivity contribution < 1.29 is 4.79 Å². The minimum atomic E-state index is -0.0179. The quantitative estimate of drug-likeness (QED) is 0.707. The number of pyridine rings is 1. The van der Waals surface area contributed by atoms with Crippen LogP contribution in [0.3, 0.4) is 0 Å². The Hall–Kier alpha value is -1.58. The van der Waals surface area contributed by atoms with Crippen LogP contribution in [0.2, 0.25) is 0 Å². The molecule has 0 fully saturated rings. The first-order valence-electron chi connectivity index (χ1n) is 4.43. The predicted octanol–water partition coefficient (Wildman–Crippen LogP) is 1.20. The lowest BCUT2D eigenvalue weighted by Gasteiger charge is -2.21. The van der Waals surface area contributed by atoms with Gasteiger partial charge < -0.3 is 9.80 Å². The molecule has 4 heteroatoms. The molecule has 2 amide bonds. The summed E-state index contributed by atoms with van der Waals surface area (Å²) in [5.41, 5.74) is 0.894. The Labute approximate surface area is 84.2 Å². The van der Waals surface area contributed by atoms with E-state index in [9.17, 15) is 4.79 Å². The number of rotatable bonds is 2. The molecule has 0 saturated heterocycles. The molecule has 76 valence electrons. The Balaban J connectivity index is 2.57. The van der Waals surface area contributed by atoms with Crippen LogP contribution in [0, 0.1) is 0 Å². The fourth-order valence-corrected chi connectivity index (χ4v) is 1.14. The maximum Gasteiger partial charge on any atom is 0.319 e. The van der Waals surface area contributed by atoms with Crippen LogP contribution in [0.25, 0.3) is 0 Å². The van der Waals surface area contributed by atoms with Crippen molar-refractivity contribution in [2.24, 2.45) is 0 Å². The van der Waals surface area contributed by atoms with Crippen molar-refractivity contribution in [3.05, 3.63) is 30.1 Å². The third-order valence-corrected chi connectivity index (χ3v) is 1.83. The zero-order chi connectivity index (χ0) is 10.6. The lowest BCUT2D eigenvalue weighted by molar-refractivity contribution is 0.179. The Morgan fingerprint density at radius 2 is 2.07 bits per heavy atom. The van der Waals surface area contributed by atoms with Crippen LogP contribution >= 0.6 is 0 Å². The van der Waals surface area contributed by atoms with Crippen LogP contribution in [0.1, 0.15) is 5.69 Å². The summed E-state index contributed by atoms with van der Waals surface area (Å²) in [6, 6.07) is 5.66. The van der Waals surface area contributed by atoms with Gasteiger partial charge in [0, 0.05) is 27.3 Å². The molecule has 14 heavy (non-hydrogen) atoms. The molecule has 0 N–H and O–H groups in total. The van der Waals surface area contributed by atoms with Gasteiger partial charge in [-0.05, 0) is 12.1 Å². The second kappa shape index (κ2) is 4.60. The number of urea groups is 1. The highest BCUT2D eigenvalue weighted by atomic mass is 16.2. The summed E-state index contributed by atoms with van der Waals surface area (Å²) in [4.78, 5) is 18.8. The molecular formula is C10H15N3O. The van der Waals surface area contributed by atoms with E-state index in [0.29, 0.717) is 6.54 Å². The van der Waals surface area contributed by atoms with Gasteiger partial charge in [0.1, 0.15) is 0 Å². The van der Waals surface area contributed by atoms with Crippen molar-refractivity contribution in [3.63, 3.8) is 0 Å². The van der Waals surface area contributed by atoms with Crippen molar-refractivity contribution in [2.75, 3.05) is 21.1 Å². The molecule has 0 atom stereocenters. The first-order valence-corrected chi connectivity index (χ1v) is 4.43. The van der Waals surface area contributed by atoms with Gasteiger partial charge in [-0.1, -0.05) is 6.07 Å². The fraction of sp³-hybridized carbons (Fsp3) is 0.400. The molecule has 0 aliphatic heterocycles. The van der Waals surface area contributed by atoms with Crippen molar-refractivity contribution in [1.82, 2.24) is 14.8 Å². The summed E-state index contributed by atoms with van der Waals surface area (Å²) in [6.45, 7) is 0.540. The molecule has 1 heterocycles. The highest BCUT2D eigenvalue weighted by molar-refractivity contribution is 5.73. The van der Waals surface area contributed by atoms with Crippen LogP contribution in [0.5, 0.6) is 0 Å². The SMILES string of the molecule is CN(C)C(=O)N(C)Cc1ccccn1. The van der Waals surface area contributed by atoms with Gasteiger partial charge in [-0.2, -0.15) is 0 Å². The van der Waals surface area contributed by atoms with Crippen LogP contribution < -0.4 is 0 Å². The highest BCUT2D eigenvalue weighted by Crippen LogP contribution is 2.00. The van der Waals surface area contributed by atoms with Gasteiger partial charge in [0.05, 0.1) is 12.2 Å². The van der Waals surface area contributed by atoms with Crippen LogP contribution in [0.4, 0.5) is 4.79 Å². The summed E-state index contributed by atoms with van der Waals surface area (Å²) in [7, 11) is 5.23. The molecular weight excluding hydrogens is 178 g/mol. The zero-order valence-electron chi connectivity index (χ0n) is 8.77. The predicted molar refractivity (Wildman–Crippen MR) is 54.8 cm³/mol. The number of aromatic nitrogens is 1. The summed E-state index contributed by atoms with van der Waals surface area (Å²) in [5.74, 6) is 0. The Bertz CT molecular complexity index is 297. The van der Waals surface area contributed by atoms with Crippen molar-refractivity contribution in [2.45, 2.75) is 6.54 Å². The van der Waals surface area contributed by atoms with E-state index >= 15 is 0 Å². The van der Waals surface area contributed by atoms with Gasteiger partial charge in [0.25, 0.3) is 0 Å². The van der Waals surface area contributed by atoms with E-state index in [1.807, 2.05) is 18.2 Å². The van der Waals surface area contributed by atoms with Crippen LogP contribution in [0.15, 0.2) is 24.4 Å². The van der Waals surface area contributed by atoms with Crippen molar-refractivity contribution in [1.29, 1.82) is 0 Å². The minimum absolute atomic E-state index is 0.0179. The number of carbonyl (C=O) groups excluding carboxylic acids is 1. The first kappa shape index (κ1) is 10.5. The van der Waals surface area contributed by atoms with E-state index in [2.05, 4.69) is 4.98 Å². The van der Waals surface area contributed by atoms with Gasteiger partial charge in [-0.3, -0.25) is 4.98 Å². The van der Waals surface area contributed by atoms with E-state index in [-0.39, 0.29) is 6.03 Å². The Morgan fingerprint density at radius 3 is 2.57 bits per heavy atom. The smallest absolute Gasteiger partial charge is 0.319 e. The average Bonchev–Trinajstić information content (AvgIpc) is 2.18. The van der Waals surface area contributed by atoms with Crippen LogP contribution in [-0.4, -0.2) is 42.0 Å². The second-order valence-corrected chi connectivity index (χ2v) is 3.35. The molecule has 0 aliphatic rings. The Morgan fingerprint density at radius 1 is 1.36 bits per heavy atom. The molecule has 0 saturated carbocycles. The van der Waals surface area contributed by atoms with Gasteiger partial charge in [-0.15, -0.1) is 0 Å². The molecule has 0 spiro atoms. The fourth-order valence-electron chi connectivity index (χ4n) is 1.14. The first-order chi connectivity index (χ1) is 6.61. The molecule has 1 aromatic rings. The minimum Gasteiger partial charge on any atom is -0.331 e. The summed E-state index contributed by atoms with van der Waals surface area (Å²) >= 11 is 0. The summed E-state index contributed by atoms with van der Waals surface area (Å²) < 4.78 is 0.